The molecule has 0 aliphatic carbocycles. The maximum Gasteiger partial charge on any atom is 0.353 e. The SMILES string of the molecule is CCOC(=O)c1sc(-c2ccc(Cl)cc2Cl)nc1O. The van der Waals surface area contributed by atoms with Crippen LogP contribution in [0.2, 0.25) is 10.0 Å². The van der Waals surface area contributed by atoms with E-state index in [-0.39, 0.29) is 17.4 Å². The fraction of sp³-hybridized carbons (Fsp3) is 0.167. The maximum absolute atomic E-state index is 11.6. The highest BCUT2D eigenvalue weighted by Gasteiger charge is 2.20. The average Bonchev–Trinajstić information content (AvgIpc) is 2.71. The molecule has 4 nitrogen and oxygen atoms in total. The number of ether oxygens (including phenoxy) is 1. The number of halogens is 2. The molecule has 100 valence electrons. The smallest absolute Gasteiger partial charge is 0.353 e. The minimum absolute atomic E-state index is 0.0582. The lowest BCUT2D eigenvalue weighted by atomic mass is 10.2. The van der Waals surface area contributed by atoms with Crippen LogP contribution in [0.1, 0.15) is 16.6 Å². The molecule has 2 aromatic rings. The first-order valence-corrected chi connectivity index (χ1v) is 6.92. The van der Waals surface area contributed by atoms with Gasteiger partial charge in [-0.3, -0.25) is 0 Å². The fourth-order valence-electron chi connectivity index (χ4n) is 1.42. The molecule has 0 fully saturated rings. The molecule has 0 saturated heterocycles. The third-order valence-corrected chi connectivity index (χ3v) is 3.84. The predicted molar refractivity (Wildman–Crippen MR) is 75.2 cm³/mol. The number of aromatic nitrogens is 1. The van der Waals surface area contributed by atoms with Crippen LogP contribution >= 0.6 is 34.5 Å². The van der Waals surface area contributed by atoms with Crippen molar-refractivity contribution in [2.45, 2.75) is 6.92 Å². The van der Waals surface area contributed by atoms with Gasteiger partial charge in [0.2, 0.25) is 5.88 Å². The van der Waals surface area contributed by atoms with E-state index in [1.54, 1.807) is 25.1 Å². The second kappa shape index (κ2) is 5.77. The number of esters is 1. The third kappa shape index (κ3) is 3.00. The molecule has 1 N–H and O–H groups in total. The Balaban J connectivity index is 2.42. The first kappa shape index (κ1) is 14.1. The number of aromatic hydroxyl groups is 1. The van der Waals surface area contributed by atoms with Gasteiger partial charge in [0.1, 0.15) is 5.01 Å². The van der Waals surface area contributed by atoms with Gasteiger partial charge >= 0.3 is 5.97 Å². The van der Waals surface area contributed by atoms with Crippen LogP contribution in [-0.4, -0.2) is 22.7 Å². The van der Waals surface area contributed by atoms with Crippen molar-refractivity contribution in [3.63, 3.8) is 0 Å². The lowest BCUT2D eigenvalue weighted by molar-refractivity contribution is 0.0528. The van der Waals surface area contributed by atoms with Crippen molar-refractivity contribution in [1.29, 1.82) is 0 Å². The molecule has 0 saturated carbocycles. The van der Waals surface area contributed by atoms with Crippen LogP contribution in [0.3, 0.4) is 0 Å². The van der Waals surface area contributed by atoms with Crippen LogP contribution in [0.25, 0.3) is 10.6 Å². The summed E-state index contributed by atoms with van der Waals surface area (Å²) in [6.07, 6.45) is 0. The number of hydrogen-bond donors (Lipinski definition) is 1. The Kier molecular flexibility index (Phi) is 4.29. The summed E-state index contributed by atoms with van der Waals surface area (Å²) in [5.41, 5.74) is 0.599. The van der Waals surface area contributed by atoms with E-state index >= 15 is 0 Å². The average molecular weight is 318 g/mol. The summed E-state index contributed by atoms with van der Waals surface area (Å²) in [7, 11) is 0. The standard InChI is InChI=1S/C12H9Cl2NO3S/c1-2-18-12(17)9-10(16)15-11(19-9)7-4-3-6(13)5-8(7)14/h3-5,16H,2H2,1H3. The van der Waals surface area contributed by atoms with Gasteiger partial charge < -0.3 is 9.84 Å². The van der Waals surface area contributed by atoms with E-state index in [4.69, 9.17) is 27.9 Å². The maximum atomic E-state index is 11.6. The molecule has 19 heavy (non-hydrogen) atoms. The Morgan fingerprint density at radius 3 is 2.84 bits per heavy atom. The fourth-order valence-corrected chi connectivity index (χ4v) is 2.87. The number of thiazole rings is 1. The number of nitrogens with zero attached hydrogens (tertiary/aromatic N) is 1. The molecule has 0 unspecified atom stereocenters. The zero-order valence-corrected chi connectivity index (χ0v) is 12.1. The third-order valence-electron chi connectivity index (χ3n) is 2.23. The molecule has 2 rings (SSSR count). The highest BCUT2D eigenvalue weighted by atomic mass is 35.5. The summed E-state index contributed by atoms with van der Waals surface area (Å²) in [6.45, 7) is 1.92. The molecule has 0 atom stereocenters. The number of rotatable bonds is 3. The van der Waals surface area contributed by atoms with Gasteiger partial charge in [0.15, 0.2) is 4.88 Å². The van der Waals surface area contributed by atoms with Crippen molar-refractivity contribution >= 4 is 40.5 Å². The van der Waals surface area contributed by atoms with Gasteiger partial charge in [-0.15, -0.1) is 11.3 Å². The molecule has 0 bridgehead atoms. The molecule has 0 aliphatic rings. The number of carbonyl (C=O) groups excluding carboxylic acids is 1. The largest absolute Gasteiger partial charge is 0.492 e. The molecular formula is C12H9Cl2NO3S. The summed E-state index contributed by atoms with van der Waals surface area (Å²) in [4.78, 5) is 15.6. The van der Waals surface area contributed by atoms with Crippen molar-refractivity contribution in [2.24, 2.45) is 0 Å². The second-order valence-corrected chi connectivity index (χ2v) is 5.36. The Hall–Kier alpha value is -1.30. The summed E-state index contributed by atoms with van der Waals surface area (Å²) >= 11 is 12.9. The van der Waals surface area contributed by atoms with E-state index in [1.165, 1.54) is 0 Å². The minimum Gasteiger partial charge on any atom is -0.492 e. The van der Waals surface area contributed by atoms with Crippen molar-refractivity contribution in [3.05, 3.63) is 33.1 Å². The van der Waals surface area contributed by atoms with E-state index in [9.17, 15) is 9.90 Å². The Labute approximate surface area is 123 Å². The van der Waals surface area contributed by atoms with E-state index < -0.39 is 5.97 Å². The van der Waals surface area contributed by atoms with Crippen molar-refractivity contribution in [2.75, 3.05) is 6.61 Å². The van der Waals surface area contributed by atoms with E-state index in [0.29, 0.717) is 20.6 Å². The molecule has 1 aromatic carbocycles. The van der Waals surface area contributed by atoms with Crippen molar-refractivity contribution < 1.29 is 14.6 Å². The van der Waals surface area contributed by atoms with Crippen LogP contribution in [-0.2, 0) is 4.74 Å². The topological polar surface area (TPSA) is 59.4 Å². The molecule has 7 heteroatoms. The quantitative estimate of drug-likeness (QED) is 0.869. The van der Waals surface area contributed by atoms with E-state index in [1.807, 2.05) is 0 Å². The molecular weight excluding hydrogens is 309 g/mol. The predicted octanol–water partition coefficient (Wildman–Crippen LogP) is 4.00. The van der Waals surface area contributed by atoms with Gasteiger partial charge in [-0.05, 0) is 25.1 Å². The normalized spacial score (nSPS) is 10.5. The Bertz CT molecular complexity index is 627. The van der Waals surface area contributed by atoms with Gasteiger partial charge in [0, 0.05) is 10.6 Å². The first-order valence-electron chi connectivity index (χ1n) is 5.35. The van der Waals surface area contributed by atoms with Crippen molar-refractivity contribution in [3.8, 4) is 16.5 Å². The van der Waals surface area contributed by atoms with E-state index in [2.05, 4.69) is 4.98 Å². The molecule has 0 spiro atoms. The highest BCUT2D eigenvalue weighted by Crippen LogP contribution is 2.36. The summed E-state index contributed by atoms with van der Waals surface area (Å²) in [5.74, 6) is -0.960. The van der Waals surface area contributed by atoms with Crippen LogP contribution in [0.15, 0.2) is 18.2 Å². The first-order chi connectivity index (χ1) is 9.02. The zero-order valence-electron chi connectivity index (χ0n) is 9.81. The van der Waals surface area contributed by atoms with Gasteiger partial charge in [-0.2, -0.15) is 0 Å². The Morgan fingerprint density at radius 2 is 2.21 bits per heavy atom. The van der Waals surface area contributed by atoms with E-state index in [0.717, 1.165) is 11.3 Å². The van der Waals surface area contributed by atoms with Gasteiger partial charge in [0.25, 0.3) is 0 Å². The number of hydrogen-bond acceptors (Lipinski definition) is 5. The number of carbonyl (C=O) groups is 1. The summed E-state index contributed by atoms with van der Waals surface area (Å²) in [6, 6.07) is 4.91. The van der Waals surface area contributed by atoms with Crippen molar-refractivity contribution in [1.82, 2.24) is 4.98 Å². The van der Waals surface area contributed by atoms with Crippen LogP contribution in [0.5, 0.6) is 5.88 Å². The van der Waals surface area contributed by atoms with Crippen LogP contribution in [0.4, 0.5) is 0 Å². The molecule has 1 aromatic heterocycles. The second-order valence-electron chi connectivity index (χ2n) is 3.52. The summed E-state index contributed by atoms with van der Waals surface area (Å²) < 4.78 is 4.82. The molecule has 0 radical (unpaired) electrons. The molecule has 1 heterocycles. The lowest BCUT2D eigenvalue weighted by Gasteiger charge is -2.00. The monoisotopic (exact) mass is 317 g/mol. The number of benzene rings is 1. The highest BCUT2D eigenvalue weighted by molar-refractivity contribution is 7.17. The van der Waals surface area contributed by atoms with Crippen LogP contribution in [0, 0.1) is 0 Å². The lowest BCUT2D eigenvalue weighted by Crippen LogP contribution is -2.02. The van der Waals surface area contributed by atoms with Gasteiger partial charge in [-0.1, -0.05) is 23.2 Å². The minimum atomic E-state index is -0.603. The summed E-state index contributed by atoms with van der Waals surface area (Å²) in [5, 5.41) is 11.0. The molecule has 0 amide bonds. The van der Waals surface area contributed by atoms with Gasteiger partial charge in [0.05, 0.1) is 11.6 Å². The molecule has 0 aliphatic heterocycles. The Morgan fingerprint density at radius 1 is 1.47 bits per heavy atom. The zero-order chi connectivity index (χ0) is 14.0. The van der Waals surface area contributed by atoms with Crippen LogP contribution < -0.4 is 0 Å². The van der Waals surface area contributed by atoms with Gasteiger partial charge in [-0.25, -0.2) is 9.78 Å².